The summed E-state index contributed by atoms with van der Waals surface area (Å²) in [5.41, 5.74) is 2.86. The number of benzene rings is 2. The zero-order valence-corrected chi connectivity index (χ0v) is 17.6. The zero-order chi connectivity index (χ0) is 20.5. The summed E-state index contributed by atoms with van der Waals surface area (Å²) in [4.78, 5) is 0.322. The lowest BCUT2D eigenvalue weighted by molar-refractivity contribution is 0.122. The van der Waals surface area contributed by atoms with Crippen LogP contribution in [0.5, 0.6) is 0 Å². The van der Waals surface area contributed by atoms with Gasteiger partial charge in [0.2, 0.25) is 0 Å². The quantitative estimate of drug-likeness (QED) is 0.576. The van der Waals surface area contributed by atoms with Crippen molar-refractivity contribution in [2.24, 2.45) is 5.92 Å². The number of hydrogen-bond donors (Lipinski definition) is 1. The number of aliphatic hydroxyl groups is 1. The molecule has 156 valence electrons. The molecule has 0 unspecified atom stereocenters. The fraction of sp³-hybridized carbons (Fsp3) is 0.417. The standard InChI is InChI=1S/C24H30O4S/c25-18-23(17-20-7-4-5-8-20)22-11-13-24(14-12-22)29(26,27)16-6-15-28-19-21-9-2-1-3-10-21/h1-3,9-14,17,20,25H,4-8,15-16,18-19H2. The van der Waals surface area contributed by atoms with Crippen LogP contribution in [0.1, 0.15) is 43.2 Å². The van der Waals surface area contributed by atoms with Crippen molar-refractivity contribution >= 4 is 15.4 Å². The van der Waals surface area contributed by atoms with Gasteiger partial charge in [0.25, 0.3) is 0 Å². The zero-order valence-electron chi connectivity index (χ0n) is 16.8. The highest BCUT2D eigenvalue weighted by Crippen LogP contribution is 2.29. The molecule has 3 rings (SSSR count). The molecule has 0 spiro atoms. The van der Waals surface area contributed by atoms with E-state index in [1.54, 1.807) is 24.3 Å². The molecule has 0 radical (unpaired) electrons. The number of hydrogen-bond acceptors (Lipinski definition) is 4. The van der Waals surface area contributed by atoms with Crippen molar-refractivity contribution in [3.8, 4) is 0 Å². The molecule has 1 aliphatic carbocycles. The first kappa shape index (κ1) is 21.8. The fourth-order valence-electron chi connectivity index (χ4n) is 3.76. The Morgan fingerprint density at radius 1 is 1.03 bits per heavy atom. The molecule has 0 saturated heterocycles. The molecule has 1 fully saturated rings. The van der Waals surface area contributed by atoms with Crippen molar-refractivity contribution in [2.45, 2.75) is 43.6 Å². The van der Waals surface area contributed by atoms with Crippen LogP contribution in [0.2, 0.25) is 0 Å². The third-order valence-electron chi connectivity index (χ3n) is 5.40. The van der Waals surface area contributed by atoms with E-state index in [-0.39, 0.29) is 12.4 Å². The summed E-state index contributed by atoms with van der Waals surface area (Å²) in [6.07, 6.45) is 7.43. The summed E-state index contributed by atoms with van der Waals surface area (Å²) in [5.74, 6) is 0.586. The average molecular weight is 415 g/mol. The maximum atomic E-state index is 12.6. The highest BCUT2D eigenvalue weighted by Gasteiger charge is 2.16. The van der Waals surface area contributed by atoms with E-state index in [4.69, 9.17) is 4.74 Å². The molecule has 1 N–H and O–H groups in total. The van der Waals surface area contributed by atoms with Crippen LogP contribution in [0.15, 0.2) is 65.6 Å². The smallest absolute Gasteiger partial charge is 0.178 e. The Bertz CT molecular complexity index is 880. The van der Waals surface area contributed by atoms with Crippen molar-refractivity contribution in [1.29, 1.82) is 0 Å². The van der Waals surface area contributed by atoms with Gasteiger partial charge in [-0.05, 0) is 54.0 Å². The molecular weight excluding hydrogens is 384 g/mol. The first-order valence-corrected chi connectivity index (χ1v) is 12.0. The van der Waals surface area contributed by atoms with Gasteiger partial charge in [-0.15, -0.1) is 0 Å². The minimum Gasteiger partial charge on any atom is -0.392 e. The molecule has 2 aromatic carbocycles. The van der Waals surface area contributed by atoms with Crippen LogP contribution < -0.4 is 0 Å². The van der Waals surface area contributed by atoms with Crippen LogP contribution in [0.3, 0.4) is 0 Å². The Hall–Kier alpha value is -1.95. The van der Waals surface area contributed by atoms with Gasteiger partial charge in [-0.2, -0.15) is 0 Å². The maximum absolute atomic E-state index is 12.6. The summed E-state index contributed by atoms with van der Waals surface area (Å²) in [6, 6.07) is 16.7. The molecule has 0 bridgehead atoms. The van der Waals surface area contributed by atoms with E-state index in [1.165, 1.54) is 25.7 Å². The number of aliphatic hydroxyl groups excluding tert-OH is 1. The predicted molar refractivity (Wildman–Crippen MR) is 116 cm³/mol. The highest BCUT2D eigenvalue weighted by atomic mass is 32.2. The van der Waals surface area contributed by atoms with Gasteiger partial charge in [0, 0.05) is 6.61 Å². The molecular formula is C24H30O4S. The van der Waals surface area contributed by atoms with E-state index in [1.807, 2.05) is 30.3 Å². The lowest BCUT2D eigenvalue weighted by Crippen LogP contribution is -2.09. The topological polar surface area (TPSA) is 63.6 Å². The Morgan fingerprint density at radius 3 is 2.38 bits per heavy atom. The normalized spacial score (nSPS) is 15.7. The molecule has 29 heavy (non-hydrogen) atoms. The summed E-state index contributed by atoms with van der Waals surface area (Å²) < 4.78 is 30.7. The molecule has 0 aliphatic heterocycles. The largest absolute Gasteiger partial charge is 0.392 e. The Kier molecular flexibility index (Phi) is 8.04. The second-order valence-electron chi connectivity index (χ2n) is 7.63. The van der Waals surface area contributed by atoms with Crippen LogP contribution in [-0.4, -0.2) is 32.5 Å². The lowest BCUT2D eigenvalue weighted by Gasteiger charge is -2.10. The summed E-state index contributed by atoms with van der Waals surface area (Å²) >= 11 is 0. The number of rotatable bonds is 10. The second kappa shape index (κ2) is 10.7. The molecule has 0 amide bonds. The van der Waals surface area contributed by atoms with Crippen molar-refractivity contribution in [3.05, 3.63) is 71.8 Å². The van der Waals surface area contributed by atoms with Gasteiger partial charge in [0.05, 0.1) is 23.9 Å². The lowest BCUT2D eigenvalue weighted by atomic mass is 9.99. The number of sulfone groups is 1. The van der Waals surface area contributed by atoms with Crippen molar-refractivity contribution < 1.29 is 18.3 Å². The molecule has 0 aromatic heterocycles. The molecule has 2 aromatic rings. The van der Waals surface area contributed by atoms with E-state index in [0.29, 0.717) is 30.4 Å². The van der Waals surface area contributed by atoms with Crippen molar-refractivity contribution in [3.63, 3.8) is 0 Å². The summed E-state index contributed by atoms with van der Waals surface area (Å²) in [7, 11) is -3.34. The fourth-order valence-corrected chi connectivity index (χ4v) is 5.04. The van der Waals surface area contributed by atoms with Crippen LogP contribution in [-0.2, 0) is 21.2 Å². The first-order chi connectivity index (χ1) is 14.1. The van der Waals surface area contributed by atoms with Crippen molar-refractivity contribution in [2.75, 3.05) is 19.0 Å². The van der Waals surface area contributed by atoms with Gasteiger partial charge in [0.1, 0.15) is 0 Å². The molecule has 4 nitrogen and oxygen atoms in total. The molecule has 1 saturated carbocycles. The predicted octanol–water partition coefficient (Wildman–Crippen LogP) is 4.63. The SMILES string of the molecule is O=S(=O)(CCCOCc1ccccc1)c1ccc(C(=CC2CCCC2)CO)cc1. The Morgan fingerprint density at radius 2 is 1.72 bits per heavy atom. The minimum atomic E-state index is -3.34. The van der Waals surface area contributed by atoms with Gasteiger partial charge in [-0.3, -0.25) is 0 Å². The van der Waals surface area contributed by atoms with E-state index in [9.17, 15) is 13.5 Å². The van der Waals surface area contributed by atoms with E-state index >= 15 is 0 Å². The third kappa shape index (κ3) is 6.53. The number of allylic oxidation sites excluding steroid dienone is 1. The van der Waals surface area contributed by atoms with Gasteiger partial charge in [-0.1, -0.05) is 61.4 Å². The van der Waals surface area contributed by atoms with Gasteiger partial charge in [0.15, 0.2) is 9.84 Å². The molecule has 0 atom stereocenters. The second-order valence-corrected chi connectivity index (χ2v) is 9.74. The molecule has 5 heteroatoms. The van der Waals surface area contributed by atoms with Crippen LogP contribution in [0.25, 0.3) is 5.57 Å². The highest BCUT2D eigenvalue weighted by molar-refractivity contribution is 7.91. The summed E-state index contributed by atoms with van der Waals surface area (Å²) in [6.45, 7) is 0.874. The van der Waals surface area contributed by atoms with E-state index in [0.717, 1.165) is 16.7 Å². The van der Waals surface area contributed by atoms with Gasteiger partial charge >= 0.3 is 0 Å². The van der Waals surface area contributed by atoms with Gasteiger partial charge < -0.3 is 9.84 Å². The Balaban J connectivity index is 1.52. The number of ether oxygens (including phenoxy) is 1. The van der Waals surface area contributed by atoms with Gasteiger partial charge in [-0.25, -0.2) is 8.42 Å². The van der Waals surface area contributed by atoms with Crippen molar-refractivity contribution in [1.82, 2.24) is 0 Å². The molecule has 0 heterocycles. The minimum absolute atomic E-state index is 0.0264. The summed E-state index contributed by atoms with van der Waals surface area (Å²) in [5, 5.41) is 9.72. The van der Waals surface area contributed by atoms with Crippen LogP contribution in [0.4, 0.5) is 0 Å². The molecule has 1 aliphatic rings. The Labute approximate surface area is 174 Å². The monoisotopic (exact) mass is 414 g/mol. The first-order valence-electron chi connectivity index (χ1n) is 10.3. The maximum Gasteiger partial charge on any atom is 0.178 e. The van der Waals surface area contributed by atoms with Crippen LogP contribution >= 0.6 is 0 Å². The van der Waals surface area contributed by atoms with E-state index < -0.39 is 9.84 Å². The average Bonchev–Trinajstić information content (AvgIpc) is 3.26. The van der Waals surface area contributed by atoms with E-state index in [2.05, 4.69) is 6.08 Å². The third-order valence-corrected chi connectivity index (χ3v) is 7.22. The van der Waals surface area contributed by atoms with Crippen LogP contribution in [0, 0.1) is 5.92 Å².